The number of hydrogen-bond donors (Lipinski definition) is 2. The molecule has 5 nitrogen and oxygen atoms in total. The lowest BCUT2D eigenvalue weighted by molar-refractivity contribution is -0.147. The van der Waals surface area contributed by atoms with Gasteiger partial charge in [-0.15, -0.1) is 0 Å². The third kappa shape index (κ3) is 2.70. The molecule has 1 aliphatic rings. The Morgan fingerprint density at radius 1 is 1.37 bits per heavy atom. The molecular formula is C14H18N2O3. The number of aryl methyl sites for hydroxylation is 2. The van der Waals surface area contributed by atoms with Gasteiger partial charge in [-0.3, -0.25) is 4.79 Å². The quantitative estimate of drug-likeness (QED) is 0.867. The molecule has 2 N–H and O–H groups in total. The van der Waals surface area contributed by atoms with E-state index >= 15 is 0 Å². The van der Waals surface area contributed by atoms with E-state index in [4.69, 9.17) is 0 Å². The first-order valence-corrected chi connectivity index (χ1v) is 6.35. The van der Waals surface area contributed by atoms with Crippen LogP contribution in [0, 0.1) is 13.8 Å². The van der Waals surface area contributed by atoms with Crippen LogP contribution < -0.4 is 5.32 Å². The van der Waals surface area contributed by atoms with Crippen molar-refractivity contribution in [2.24, 2.45) is 0 Å². The van der Waals surface area contributed by atoms with Gasteiger partial charge in [0.15, 0.2) is 0 Å². The summed E-state index contributed by atoms with van der Waals surface area (Å²) in [5.41, 5.74) is 2.73. The summed E-state index contributed by atoms with van der Waals surface area (Å²) in [6.45, 7) is 4.33. The van der Waals surface area contributed by atoms with Crippen LogP contribution in [0.3, 0.4) is 0 Å². The van der Waals surface area contributed by atoms with E-state index in [1.165, 1.54) is 4.90 Å². The summed E-state index contributed by atoms with van der Waals surface area (Å²) < 4.78 is 0. The first kappa shape index (κ1) is 13.4. The number of carbonyl (C=O) groups excluding carboxylic acids is 1. The Kier molecular flexibility index (Phi) is 3.74. The van der Waals surface area contributed by atoms with Gasteiger partial charge in [0.1, 0.15) is 0 Å². The number of para-hydroxylation sites is 1. The predicted molar refractivity (Wildman–Crippen MR) is 71.9 cm³/mol. The standard InChI is InChI=1S/C14H18N2O3/c1-9-5-3-6-10(2)12(9)15-13(14(18)19)16-8-4-7-11(16)17/h3,5-6,13,15H,4,7-8H2,1-2H3,(H,18,19). The van der Waals surface area contributed by atoms with Gasteiger partial charge in [0.25, 0.3) is 0 Å². The van der Waals surface area contributed by atoms with Gasteiger partial charge in [0.2, 0.25) is 12.1 Å². The maximum atomic E-state index is 11.7. The van der Waals surface area contributed by atoms with Crippen molar-refractivity contribution in [1.29, 1.82) is 0 Å². The van der Waals surface area contributed by atoms with Crippen molar-refractivity contribution < 1.29 is 14.7 Å². The van der Waals surface area contributed by atoms with E-state index in [1.807, 2.05) is 32.0 Å². The van der Waals surface area contributed by atoms with Gasteiger partial charge in [0, 0.05) is 18.7 Å². The largest absolute Gasteiger partial charge is 0.478 e. The van der Waals surface area contributed by atoms with Crippen LogP contribution in [0.5, 0.6) is 0 Å². The van der Waals surface area contributed by atoms with E-state index in [9.17, 15) is 14.7 Å². The molecule has 1 unspecified atom stereocenters. The normalized spacial score (nSPS) is 16.5. The van der Waals surface area contributed by atoms with Crippen LogP contribution in [0.1, 0.15) is 24.0 Å². The summed E-state index contributed by atoms with van der Waals surface area (Å²) in [5, 5.41) is 12.3. The Morgan fingerprint density at radius 3 is 2.47 bits per heavy atom. The summed E-state index contributed by atoms with van der Waals surface area (Å²) in [4.78, 5) is 24.5. The molecule has 1 amide bonds. The molecule has 1 saturated heterocycles. The number of nitrogens with one attached hydrogen (secondary N) is 1. The maximum Gasteiger partial charge on any atom is 0.347 e. The van der Waals surface area contributed by atoms with Crippen molar-refractivity contribution in [3.05, 3.63) is 29.3 Å². The van der Waals surface area contributed by atoms with Crippen molar-refractivity contribution in [3.63, 3.8) is 0 Å². The molecule has 2 rings (SSSR count). The topological polar surface area (TPSA) is 69.6 Å². The van der Waals surface area contributed by atoms with Gasteiger partial charge in [-0.2, -0.15) is 0 Å². The predicted octanol–water partition coefficient (Wildman–Crippen LogP) is 1.75. The lowest BCUT2D eigenvalue weighted by atomic mass is 10.1. The lowest BCUT2D eigenvalue weighted by Crippen LogP contribution is -2.47. The zero-order chi connectivity index (χ0) is 14.0. The van der Waals surface area contributed by atoms with Gasteiger partial charge in [0.05, 0.1) is 0 Å². The molecule has 1 aliphatic heterocycles. The van der Waals surface area contributed by atoms with Crippen LogP contribution in [0.4, 0.5) is 5.69 Å². The monoisotopic (exact) mass is 262 g/mol. The zero-order valence-electron chi connectivity index (χ0n) is 11.1. The van der Waals surface area contributed by atoms with Crippen LogP contribution >= 0.6 is 0 Å². The number of rotatable bonds is 4. The fraction of sp³-hybridized carbons (Fsp3) is 0.429. The first-order valence-electron chi connectivity index (χ1n) is 6.35. The molecule has 0 aromatic heterocycles. The van der Waals surface area contributed by atoms with E-state index in [0.717, 1.165) is 23.2 Å². The van der Waals surface area contributed by atoms with Crippen molar-refractivity contribution in [2.45, 2.75) is 32.9 Å². The van der Waals surface area contributed by atoms with Gasteiger partial charge in [-0.25, -0.2) is 4.79 Å². The van der Waals surface area contributed by atoms with Crippen LogP contribution in [-0.4, -0.2) is 34.6 Å². The third-order valence-corrected chi connectivity index (χ3v) is 3.42. The van der Waals surface area contributed by atoms with Gasteiger partial charge in [-0.1, -0.05) is 18.2 Å². The Hall–Kier alpha value is -2.04. The molecule has 0 spiro atoms. The number of carbonyl (C=O) groups is 2. The molecule has 1 aromatic carbocycles. The number of carboxylic acid groups (broad SMARTS) is 1. The molecule has 5 heteroatoms. The number of hydrogen-bond acceptors (Lipinski definition) is 3. The van der Waals surface area contributed by atoms with E-state index in [0.29, 0.717) is 13.0 Å². The molecule has 0 radical (unpaired) electrons. The van der Waals surface area contributed by atoms with Crippen LogP contribution in [0.15, 0.2) is 18.2 Å². The molecule has 1 atom stereocenters. The van der Waals surface area contributed by atoms with Crippen LogP contribution in [0.25, 0.3) is 0 Å². The molecule has 0 saturated carbocycles. The third-order valence-electron chi connectivity index (χ3n) is 3.42. The van der Waals surface area contributed by atoms with Gasteiger partial charge in [-0.05, 0) is 31.4 Å². The van der Waals surface area contributed by atoms with E-state index in [1.54, 1.807) is 0 Å². The maximum absolute atomic E-state index is 11.7. The van der Waals surface area contributed by atoms with Crippen molar-refractivity contribution in [1.82, 2.24) is 4.90 Å². The molecule has 1 fully saturated rings. The second kappa shape index (κ2) is 5.30. The zero-order valence-corrected chi connectivity index (χ0v) is 11.1. The van der Waals surface area contributed by atoms with Crippen molar-refractivity contribution in [3.8, 4) is 0 Å². The van der Waals surface area contributed by atoms with Gasteiger partial charge < -0.3 is 15.3 Å². The number of carboxylic acids is 1. The number of benzene rings is 1. The minimum absolute atomic E-state index is 0.105. The van der Waals surface area contributed by atoms with E-state index in [-0.39, 0.29) is 5.91 Å². The first-order chi connectivity index (χ1) is 9.00. The molecule has 0 aliphatic carbocycles. The average molecular weight is 262 g/mol. The number of nitrogens with zero attached hydrogens (tertiary/aromatic N) is 1. The Bertz CT molecular complexity index is 493. The summed E-state index contributed by atoms with van der Waals surface area (Å²) in [6, 6.07) is 5.76. The fourth-order valence-electron chi connectivity index (χ4n) is 2.39. The molecule has 19 heavy (non-hydrogen) atoms. The summed E-state index contributed by atoms with van der Waals surface area (Å²) in [5.74, 6) is -1.14. The SMILES string of the molecule is Cc1cccc(C)c1NC(C(=O)O)N1CCCC1=O. The average Bonchev–Trinajstić information content (AvgIpc) is 2.74. The smallest absolute Gasteiger partial charge is 0.347 e. The Balaban J connectivity index is 2.26. The van der Waals surface area contributed by atoms with Crippen molar-refractivity contribution >= 4 is 17.6 Å². The molecule has 102 valence electrons. The lowest BCUT2D eigenvalue weighted by Gasteiger charge is -2.27. The van der Waals surface area contributed by atoms with E-state index < -0.39 is 12.1 Å². The highest BCUT2D eigenvalue weighted by Gasteiger charge is 2.33. The Labute approximate surface area is 112 Å². The second-order valence-corrected chi connectivity index (χ2v) is 4.84. The summed E-state index contributed by atoms with van der Waals surface area (Å²) in [7, 11) is 0. The number of aliphatic carboxylic acids is 1. The number of anilines is 1. The Morgan fingerprint density at radius 2 is 2.00 bits per heavy atom. The van der Waals surface area contributed by atoms with Crippen LogP contribution in [-0.2, 0) is 9.59 Å². The highest BCUT2D eigenvalue weighted by atomic mass is 16.4. The number of amides is 1. The highest BCUT2D eigenvalue weighted by Crippen LogP contribution is 2.23. The highest BCUT2D eigenvalue weighted by molar-refractivity contribution is 5.87. The fourth-order valence-corrected chi connectivity index (χ4v) is 2.39. The van der Waals surface area contributed by atoms with Crippen LogP contribution in [0.2, 0.25) is 0 Å². The van der Waals surface area contributed by atoms with Crippen molar-refractivity contribution in [2.75, 3.05) is 11.9 Å². The number of likely N-dealkylation sites (tertiary alicyclic amines) is 1. The molecule has 0 bridgehead atoms. The summed E-state index contributed by atoms with van der Waals surface area (Å²) in [6.07, 6.45) is 0.157. The minimum Gasteiger partial charge on any atom is -0.478 e. The molecule has 1 aromatic rings. The minimum atomic E-state index is -1.03. The van der Waals surface area contributed by atoms with Gasteiger partial charge >= 0.3 is 5.97 Å². The molecule has 1 heterocycles. The second-order valence-electron chi connectivity index (χ2n) is 4.84. The molecular weight excluding hydrogens is 244 g/mol. The van der Waals surface area contributed by atoms with E-state index in [2.05, 4.69) is 5.32 Å². The summed E-state index contributed by atoms with van der Waals surface area (Å²) >= 11 is 0.